The SMILES string of the molecule is COC[C@H]1COc2c(ccnc2OCC(F)(F)F)-c2nnc(NS(=O)(=O)[C@@H](C)[C@@H](OC(C)C)c3ncc(Cl)cn3)n21. The summed E-state index contributed by atoms with van der Waals surface area (Å²) in [5, 5.41) is 7.21. The predicted molar refractivity (Wildman–Crippen MR) is 139 cm³/mol. The van der Waals surface area contributed by atoms with E-state index >= 15 is 0 Å². The van der Waals surface area contributed by atoms with Crippen LogP contribution >= 0.6 is 11.6 Å². The molecule has 0 aromatic carbocycles. The molecule has 4 rings (SSSR count). The Balaban J connectivity index is 1.71. The maximum atomic E-state index is 13.6. The normalized spacial score (nSPS) is 16.8. The van der Waals surface area contributed by atoms with Crippen molar-refractivity contribution in [2.75, 3.05) is 31.7 Å². The number of pyridine rings is 1. The van der Waals surface area contributed by atoms with Crippen molar-refractivity contribution in [2.24, 2.45) is 0 Å². The van der Waals surface area contributed by atoms with Crippen molar-refractivity contribution < 1.29 is 40.5 Å². The number of nitrogens with one attached hydrogen (secondary N) is 1. The zero-order valence-electron chi connectivity index (χ0n) is 22.3. The molecule has 0 spiro atoms. The molecule has 1 N–H and O–H groups in total. The minimum atomic E-state index is -4.61. The molecule has 1 aliphatic rings. The van der Waals surface area contributed by atoms with Crippen LogP contribution in [-0.4, -0.2) is 82.6 Å². The van der Waals surface area contributed by atoms with Crippen molar-refractivity contribution in [2.45, 2.75) is 50.4 Å². The van der Waals surface area contributed by atoms with Gasteiger partial charge in [-0.2, -0.15) is 13.2 Å². The number of alkyl halides is 3. The van der Waals surface area contributed by atoms with Gasteiger partial charge >= 0.3 is 6.18 Å². The monoisotopic (exact) mass is 621 g/mol. The van der Waals surface area contributed by atoms with E-state index in [-0.39, 0.29) is 53.3 Å². The average molecular weight is 622 g/mol. The molecule has 3 aromatic rings. The van der Waals surface area contributed by atoms with E-state index in [0.717, 1.165) is 0 Å². The first kappa shape index (κ1) is 30.7. The van der Waals surface area contributed by atoms with Crippen LogP contribution in [0, 0.1) is 0 Å². The largest absolute Gasteiger partial charge is 0.485 e. The van der Waals surface area contributed by atoms with Gasteiger partial charge in [0.05, 0.1) is 29.3 Å². The highest BCUT2D eigenvalue weighted by Gasteiger charge is 2.38. The number of hydrogen-bond donors (Lipinski definition) is 1. The van der Waals surface area contributed by atoms with Crippen molar-refractivity contribution in [1.82, 2.24) is 29.7 Å². The second-order valence-corrected chi connectivity index (χ2v) is 11.7. The molecule has 0 saturated heterocycles. The van der Waals surface area contributed by atoms with Crippen molar-refractivity contribution in [3.05, 3.63) is 35.5 Å². The molecule has 0 bridgehead atoms. The van der Waals surface area contributed by atoms with Gasteiger partial charge in [0, 0.05) is 25.7 Å². The number of sulfonamides is 1. The fourth-order valence-corrected chi connectivity index (χ4v) is 5.17. The number of rotatable bonds is 11. The number of aromatic nitrogens is 6. The smallest absolute Gasteiger partial charge is 0.422 e. The summed E-state index contributed by atoms with van der Waals surface area (Å²) in [5.74, 6) is -0.475. The van der Waals surface area contributed by atoms with Crippen LogP contribution < -0.4 is 14.2 Å². The zero-order valence-corrected chi connectivity index (χ0v) is 23.9. The van der Waals surface area contributed by atoms with Crippen LogP contribution in [0.25, 0.3) is 11.4 Å². The molecule has 0 radical (unpaired) electrons. The third-order valence-corrected chi connectivity index (χ3v) is 7.68. The fourth-order valence-electron chi connectivity index (χ4n) is 3.98. The lowest BCUT2D eigenvalue weighted by atomic mass is 10.2. The van der Waals surface area contributed by atoms with E-state index in [4.69, 9.17) is 30.5 Å². The van der Waals surface area contributed by atoms with Crippen LogP contribution in [-0.2, 0) is 19.5 Å². The minimum absolute atomic E-state index is 0.0210. The van der Waals surface area contributed by atoms with Gasteiger partial charge in [0.25, 0.3) is 5.88 Å². The molecular formula is C23H27ClF3N7O6S. The van der Waals surface area contributed by atoms with Gasteiger partial charge in [0.1, 0.15) is 18.0 Å². The maximum absolute atomic E-state index is 13.6. The van der Waals surface area contributed by atoms with Crippen molar-refractivity contribution in [3.63, 3.8) is 0 Å². The molecule has 18 heteroatoms. The Morgan fingerprint density at radius 1 is 1.20 bits per heavy atom. The van der Waals surface area contributed by atoms with E-state index in [9.17, 15) is 21.6 Å². The van der Waals surface area contributed by atoms with Crippen LogP contribution in [0.1, 0.15) is 38.7 Å². The average Bonchev–Trinajstić information content (AvgIpc) is 3.23. The fraction of sp³-hybridized carbons (Fsp3) is 0.522. The summed E-state index contributed by atoms with van der Waals surface area (Å²) in [6.07, 6.45) is -2.17. The third kappa shape index (κ3) is 7.14. The van der Waals surface area contributed by atoms with E-state index in [1.54, 1.807) is 13.8 Å². The number of anilines is 1. The van der Waals surface area contributed by atoms with Crippen LogP contribution in [0.4, 0.5) is 19.1 Å². The highest BCUT2D eigenvalue weighted by molar-refractivity contribution is 7.93. The molecule has 3 atom stereocenters. The second kappa shape index (κ2) is 12.3. The van der Waals surface area contributed by atoms with Crippen LogP contribution in [0.3, 0.4) is 0 Å². The Kier molecular flexibility index (Phi) is 9.20. The molecule has 0 unspecified atom stereocenters. The van der Waals surface area contributed by atoms with Gasteiger partial charge in [-0.15, -0.1) is 10.2 Å². The van der Waals surface area contributed by atoms with E-state index in [2.05, 4.69) is 29.9 Å². The van der Waals surface area contributed by atoms with Gasteiger partial charge in [-0.25, -0.2) is 23.4 Å². The molecule has 0 amide bonds. The van der Waals surface area contributed by atoms with Gasteiger partial charge in [-0.1, -0.05) is 11.6 Å². The van der Waals surface area contributed by atoms with Gasteiger partial charge in [0.2, 0.25) is 16.0 Å². The number of halogens is 4. The minimum Gasteiger partial charge on any atom is -0.485 e. The first-order chi connectivity index (χ1) is 19.3. The molecule has 41 heavy (non-hydrogen) atoms. The molecule has 3 aromatic heterocycles. The van der Waals surface area contributed by atoms with Crippen LogP contribution in [0.5, 0.6) is 11.6 Å². The number of fused-ring (bicyclic) bond motifs is 3. The number of nitrogens with zero attached hydrogens (tertiary/aromatic N) is 6. The van der Waals surface area contributed by atoms with Gasteiger partial charge in [0.15, 0.2) is 24.0 Å². The summed E-state index contributed by atoms with van der Waals surface area (Å²) >= 11 is 5.89. The first-order valence-electron chi connectivity index (χ1n) is 12.2. The molecule has 224 valence electrons. The van der Waals surface area contributed by atoms with E-state index in [1.807, 2.05) is 0 Å². The number of methoxy groups -OCH3 is 1. The highest BCUT2D eigenvalue weighted by atomic mass is 35.5. The summed E-state index contributed by atoms with van der Waals surface area (Å²) < 4.78 is 91.4. The van der Waals surface area contributed by atoms with Crippen molar-refractivity contribution in [3.8, 4) is 23.0 Å². The Bertz CT molecular complexity index is 1460. The quantitative estimate of drug-likeness (QED) is 0.334. The summed E-state index contributed by atoms with van der Waals surface area (Å²) in [6.45, 7) is 3.18. The molecule has 13 nitrogen and oxygen atoms in total. The Morgan fingerprint density at radius 2 is 1.90 bits per heavy atom. The number of ether oxygens (including phenoxy) is 4. The van der Waals surface area contributed by atoms with E-state index in [1.165, 1.54) is 43.3 Å². The predicted octanol–water partition coefficient (Wildman–Crippen LogP) is 3.60. The molecule has 0 aliphatic carbocycles. The summed E-state index contributed by atoms with van der Waals surface area (Å²) in [4.78, 5) is 12.1. The molecular weight excluding hydrogens is 595 g/mol. The molecule has 1 aliphatic heterocycles. The first-order valence-corrected chi connectivity index (χ1v) is 14.1. The lowest BCUT2D eigenvalue weighted by Crippen LogP contribution is -2.35. The van der Waals surface area contributed by atoms with Gasteiger partial charge in [-0.3, -0.25) is 9.29 Å². The standard InChI is InChI=1S/C23H27ClF3N7O6S/c1-12(2)40-17(19-29-7-14(24)8-30-19)13(3)41(35,36)33-22-32-31-20-16-5-6-28-21(39-11-23(25,26)27)18(16)38-10-15(9-37-4)34(20)22/h5-8,12-13,15,17H,9-11H2,1-4H3,(H,32,33)/t13-,15-,17+/m0/s1. The Labute approximate surface area is 238 Å². The highest BCUT2D eigenvalue weighted by Crippen LogP contribution is 2.41. The molecule has 0 fully saturated rings. The summed E-state index contributed by atoms with van der Waals surface area (Å²) in [6, 6.07) is 0.750. The molecule has 4 heterocycles. The van der Waals surface area contributed by atoms with E-state index < -0.39 is 46.1 Å². The topological polar surface area (TPSA) is 152 Å². The van der Waals surface area contributed by atoms with Gasteiger partial charge in [-0.05, 0) is 26.8 Å². The number of hydrogen-bond acceptors (Lipinski definition) is 11. The lowest BCUT2D eigenvalue weighted by molar-refractivity contribution is -0.154. The van der Waals surface area contributed by atoms with Gasteiger partial charge < -0.3 is 18.9 Å². The van der Waals surface area contributed by atoms with Crippen molar-refractivity contribution in [1.29, 1.82) is 0 Å². The van der Waals surface area contributed by atoms with Crippen LogP contribution in [0.15, 0.2) is 24.7 Å². The van der Waals surface area contributed by atoms with Crippen LogP contribution in [0.2, 0.25) is 5.02 Å². The van der Waals surface area contributed by atoms with Crippen molar-refractivity contribution >= 4 is 27.6 Å². The lowest BCUT2D eigenvalue weighted by Gasteiger charge is -2.26. The van der Waals surface area contributed by atoms with E-state index in [0.29, 0.717) is 0 Å². The summed E-state index contributed by atoms with van der Waals surface area (Å²) in [5.41, 5.74) is 0.192. The third-order valence-electron chi connectivity index (χ3n) is 5.79. The Morgan fingerprint density at radius 3 is 2.54 bits per heavy atom. The second-order valence-electron chi connectivity index (χ2n) is 9.25. The Hall–Kier alpha value is -3.28. The zero-order chi connectivity index (χ0) is 29.9. The summed E-state index contributed by atoms with van der Waals surface area (Å²) in [7, 11) is -2.81. The maximum Gasteiger partial charge on any atom is 0.422 e. The molecule has 0 saturated carbocycles.